The third kappa shape index (κ3) is 3.98. The minimum Gasteiger partial charge on any atom is -0.336 e. The highest BCUT2D eigenvalue weighted by atomic mass is 32.2. The van der Waals surface area contributed by atoms with Gasteiger partial charge in [0.25, 0.3) is 15.9 Å². The number of rotatable bonds is 4. The fraction of sp³-hybridized carbons (Fsp3) is 0.261. The number of carbonyl (C=O) groups excluding carboxylic acids is 1. The molecular weight excluding hydrogens is 384 g/mol. The Morgan fingerprint density at radius 1 is 0.966 bits per heavy atom. The Kier molecular flexibility index (Phi) is 5.28. The van der Waals surface area contributed by atoms with E-state index < -0.39 is 10.0 Å². The number of hydrogen-bond acceptors (Lipinski definition) is 3. The molecule has 1 N–H and O–H groups in total. The fourth-order valence-corrected chi connectivity index (χ4v) is 4.97. The van der Waals surface area contributed by atoms with E-state index in [1.54, 1.807) is 42.5 Å². The van der Waals surface area contributed by atoms with Crippen molar-refractivity contribution < 1.29 is 13.2 Å². The molecular formula is C23H24N2O3S. The SMILES string of the molecule is CC1CCCCN1C(=O)c1ccccc1NS(=O)(=O)c1ccc2ccccc2c1. The van der Waals surface area contributed by atoms with Gasteiger partial charge in [0.2, 0.25) is 0 Å². The van der Waals surface area contributed by atoms with Crippen LogP contribution < -0.4 is 4.72 Å². The van der Waals surface area contributed by atoms with E-state index in [9.17, 15) is 13.2 Å². The van der Waals surface area contributed by atoms with Crippen LogP contribution >= 0.6 is 0 Å². The second kappa shape index (κ2) is 7.87. The lowest BCUT2D eigenvalue weighted by Crippen LogP contribution is -2.42. The summed E-state index contributed by atoms with van der Waals surface area (Å²) in [6, 6.07) is 19.6. The molecule has 0 spiro atoms. The Morgan fingerprint density at radius 2 is 1.69 bits per heavy atom. The van der Waals surface area contributed by atoms with Gasteiger partial charge < -0.3 is 4.90 Å². The number of piperidine rings is 1. The summed E-state index contributed by atoms with van der Waals surface area (Å²) in [5, 5.41) is 1.82. The van der Waals surface area contributed by atoms with E-state index in [-0.39, 0.29) is 16.8 Å². The van der Waals surface area contributed by atoms with Crippen LogP contribution in [-0.2, 0) is 10.0 Å². The number of hydrogen-bond donors (Lipinski definition) is 1. The zero-order valence-electron chi connectivity index (χ0n) is 16.3. The summed E-state index contributed by atoms with van der Waals surface area (Å²) in [6.07, 6.45) is 3.05. The standard InChI is InChI=1S/C23H24N2O3S/c1-17-8-6-7-15-25(17)23(26)21-11-4-5-12-22(21)24-29(27,28)20-14-13-18-9-2-3-10-19(18)16-20/h2-5,9-14,16-17,24H,6-8,15H2,1H3. The number of nitrogens with zero attached hydrogens (tertiary/aromatic N) is 1. The van der Waals surface area contributed by atoms with E-state index in [0.29, 0.717) is 17.8 Å². The highest BCUT2D eigenvalue weighted by Gasteiger charge is 2.27. The molecule has 1 saturated heterocycles. The van der Waals surface area contributed by atoms with Crippen LogP contribution in [0.4, 0.5) is 5.69 Å². The fourth-order valence-electron chi connectivity index (χ4n) is 3.85. The van der Waals surface area contributed by atoms with E-state index in [1.807, 2.05) is 36.1 Å². The summed E-state index contributed by atoms with van der Waals surface area (Å²) in [6.45, 7) is 2.74. The zero-order valence-corrected chi connectivity index (χ0v) is 17.2. The summed E-state index contributed by atoms with van der Waals surface area (Å²) in [4.78, 5) is 15.1. The van der Waals surface area contributed by atoms with Crippen LogP contribution in [0.15, 0.2) is 71.6 Å². The molecule has 1 atom stereocenters. The average Bonchev–Trinajstić information content (AvgIpc) is 2.73. The molecule has 4 rings (SSSR count). The third-order valence-corrected chi connectivity index (χ3v) is 6.86. The van der Waals surface area contributed by atoms with E-state index in [1.165, 1.54) is 0 Å². The molecule has 1 fully saturated rings. The smallest absolute Gasteiger partial charge is 0.261 e. The van der Waals surface area contributed by atoms with Crippen molar-refractivity contribution in [3.63, 3.8) is 0 Å². The van der Waals surface area contributed by atoms with Crippen LogP contribution in [0, 0.1) is 0 Å². The lowest BCUT2D eigenvalue weighted by atomic mass is 10.0. The molecule has 1 heterocycles. The van der Waals surface area contributed by atoms with E-state index in [4.69, 9.17) is 0 Å². The van der Waals surface area contributed by atoms with Gasteiger partial charge in [0.1, 0.15) is 0 Å². The highest BCUT2D eigenvalue weighted by Crippen LogP contribution is 2.26. The predicted octanol–water partition coefficient (Wildman–Crippen LogP) is 4.66. The third-order valence-electron chi connectivity index (χ3n) is 5.50. The van der Waals surface area contributed by atoms with Crippen LogP contribution in [0.2, 0.25) is 0 Å². The van der Waals surface area contributed by atoms with Crippen LogP contribution in [0.5, 0.6) is 0 Å². The molecule has 0 aromatic heterocycles. The first-order valence-corrected chi connectivity index (χ1v) is 11.4. The molecule has 5 nitrogen and oxygen atoms in total. The number of anilines is 1. The van der Waals surface area contributed by atoms with Gasteiger partial charge in [-0.15, -0.1) is 0 Å². The molecule has 150 valence electrons. The first-order valence-electron chi connectivity index (χ1n) is 9.87. The first kappa shape index (κ1) is 19.5. The lowest BCUT2D eigenvalue weighted by molar-refractivity contribution is 0.0636. The van der Waals surface area contributed by atoms with Crippen molar-refractivity contribution in [1.82, 2.24) is 4.90 Å². The Morgan fingerprint density at radius 3 is 2.48 bits per heavy atom. The molecule has 1 unspecified atom stereocenters. The van der Waals surface area contributed by atoms with Crippen molar-refractivity contribution in [2.75, 3.05) is 11.3 Å². The maximum atomic E-state index is 13.1. The average molecular weight is 409 g/mol. The van der Waals surface area contributed by atoms with Crippen LogP contribution in [0.3, 0.4) is 0 Å². The van der Waals surface area contributed by atoms with Crippen molar-refractivity contribution in [3.8, 4) is 0 Å². The number of sulfonamides is 1. The second-order valence-corrected chi connectivity index (χ2v) is 9.19. The number of para-hydroxylation sites is 1. The van der Waals surface area contributed by atoms with Crippen molar-refractivity contribution in [2.45, 2.75) is 37.1 Å². The quantitative estimate of drug-likeness (QED) is 0.683. The Hall–Kier alpha value is -2.86. The molecule has 29 heavy (non-hydrogen) atoms. The molecule has 1 aliphatic heterocycles. The van der Waals surface area contributed by atoms with Crippen molar-refractivity contribution in [1.29, 1.82) is 0 Å². The molecule has 0 aliphatic carbocycles. The highest BCUT2D eigenvalue weighted by molar-refractivity contribution is 7.92. The molecule has 3 aromatic carbocycles. The predicted molar refractivity (Wildman–Crippen MR) is 116 cm³/mol. The Balaban J connectivity index is 1.66. The number of carbonyl (C=O) groups is 1. The van der Waals surface area contributed by atoms with Crippen molar-refractivity contribution in [3.05, 3.63) is 72.3 Å². The van der Waals surface area contributed by atoms with E-state index >= 15 is 0 Å². The van der Waals surface area contributed by atoms with Gasteiger partial charge in [0.05, 0.1) is 16.1 Å². The summed E-state index contributed by atoms with van der Waals surface area (Å²) >= 11 is 0. The van der Waals surface area contributed by atoms with Crippen molar-refractivity contribution >= 4 is 32.4 Å². The number of amides is 1. The lowest BCUT2D eigenvalue weighted by Gasteiger charge is -2.34. The van der Waals surface area contributed by atoms with Gasteiger partial charge in [-0.2, -0.15) is 0 Å². The minimum atomic E-state index is -3.83. The Labute approximate surface area is 171 Å². The van der Waals surface area contributed by atoms with Gasteiger partial charge in [-0.1, -0.05) is 42.5 Å². The number of likely N-dealkylation sites (tertiary alicyclic amines) is 1. The van der Waals surface area contributed by atoms with Crippen molar-refractivity contribution in [2.24, 2.45) is 0 Å². The minimum absolute atomic E-state index is 0.131. The van der Waals surface area contributed by atoms with E-state index in [2.05, 4.69) is 4.72 Å². The van der Waals surface area contributed by atoms with Gasteiger partial charge in [-0.3, -0.25) is 9.52 Å². The topological polar surface area (TPSA) is 66.5 Å². The first-order chi connectivity index (χ1) is 14.0. The molecule has 3 aromatic rings. The van der Waals surface area contributed by atoms with Gasteiger partial charge in [0.15, 0.2) is 0 Å². The summed E-state index contributed by atoms with van der Waals surface area (Å²) in [7, 11) is -3.83. The van der Waals surface area contributed by atoms with Gasteiger partial charge in [0, 0.05) is 12.6 Å². The summed E-state index contributed by atoms with van der Waals surface area (Å²) in [5.74, 6) is -0.131. The number of nitrogens with one attached hydrogen (secondary N) is 1. The van der Waals surface area contributed by atoms with Crippen LogP contribution in [-0.4, -0.2) is 31.8 Å². The summed E-state index contributed by atoms with van der Waals surface area (Å²) < 4.78 is 28.7. The maximum absolute atomic E-state index is 13.1. The Bertz CT molecular complexity index is 1160. The summed E-state index contributed by atoms with van der Waals surface area (Å²) in [5.41, 5.74) is 0.689. The largest absolute Gasteiger partial charge is 0.336 e. The normalized spacial score (nSPS) is 17.3. The molecule has 0 bridgehead atoms. The molecule has 0 saturated carbocycles. The molecule has 1 aliphatic rings. The molecule has 6 heteroatoms. The maximum Gasteiger partial charge on any atom is 0.261 e. The van der Waals surface area contributed by atoms with Gasteiger partial charge in [-0.25, -0.2) is 8.42 Å². The van der Waals surface area contributed by atoms with Crippen LogP contribution in [0.25, 0.3) is 10.8 Å². The zero-order chi connectivity index (χ0) is 20.4. The number of benzene rings is 3. The molecule has 0 radical (unpaired) electrons. The van der Waals surface area contributed by atoms with E-state index in [0.717, 1.165) is 30.0 Å². The van der Waals surface area contributed by atoms with Crippen LogP contribution in [0.1, 0.15) is 36.5 Å². The monoisotopic (exact) mass is 408 g/mol. The second-order valence-electron chi connectivity index (χ2n) is 7.50. The number of fused-ring (bicyclic) bond motifs is 1. The molecule has 1 amide bonds. The van der Waals surface area contributed by atoms with Gasteiger partial charge >= 0.3 is 0 Å². The van der Waals surface area contributed by atoms with Gasteiger partial charge in [-0.05, 0) is 61.2 Å².